The van der Waals surface area contributed by atoms with Crippen molar-refractivity contribution in [1.29, 1.82) is 0 Å². The molecule has 0 spiro atoms. The van der Waals surface area contributed by atoms with Crippen LogP contribution >= 0.6 is 0 Å². The van der Waals surface area contributed by atoms with E-state index in [1.54, 1.807) is 42.6 Å². The third-order valence-electron chi connectivity index (χ3n) is 4.86. The van der Waals surface area contributed by atoms with Crippen molar-refractivity contribution in [3.8, 4) is 5.69 Å². The van der Waals surface area contributed by atoms with E-state index < -0.39 is 12.1 Å². The van der Waals surface area contributed by atoms with Gasteiger partial charge in [-0.3, -0.25) is 28.8 Å². The molecule has 7 nitrogen and oxygen atoms in total. The second-order valence-electron chi connectivity index (χ2n) is 6.31. The number of carbonyl (C=O) groups excluding carboxylic acids is 2. The second-order valence-corrected chi connectivity index (χ2v) is 6.31. The van der Waals surface area contributed by atoms with Gasteiger partial charge in [-0.05, 0) is 43.2 Å². The first kappa shape index (κ1) is 15.6. The number of amides is 2. The molecule has 2 amide bonds. The number of hydrogen-bond donors (Lipinski definition) is 1. The number of carbonyl (C=O) groups is 2. The second kappa shape index (κ2) is 5.86. The number of fused-ring (bicyclic) bond motifs is 1. The predicted octanol–water partition coefficient (Wildman–Crippen LogP) is 0.460. The minimum Gasteiger partial charge on any atom is -0.367 e. The van der Waals surface area contributed by atoms with Gasteiger partial charge >= 0.3 is 0 Å². The van der Waals surface area contributed by atoms with Crippen molar-refractivity contribution in [2.45, 2.75) is 25.0 Å². The van der Waals surface area contributed by atoms with E-state index in [-0.39, 0.29) is 17.5 Å². The molecular formula is C18H18N4O3. The Bertz CT molecular complexity index is 890. The third-order valence-corrected chi connectivity index (χ3v) is 4.86. The maximum absolute atomic E-state index is 12.7. The van der Waals surface area contributed by atoms with Gasteiger partial charge in [0.05, 0.1) is 6.04 Å². The average molecular weight is 338 g/mol. The van der Waals surface area contributed by atoms with Gasteiger partial charge in [-0.2, -0.15) is 0 Å². The molecule has 0 aliphatic carbocycles. The van der Waals surface area contributed by atoms with Gasteiger partial charge in [-0.1, -0.05) is 6.07 Å². The Labute approximate surface area is 144 Å². The molecule has 2 atom stereocenters. The highest BCUT2D eigenvalue weighted by Crippen LogP contribution is 2.34. The first-order valence-electron chi connectivity index (χ1n) is 8.24. The molecule has 2 aliphatic rings. The van der Waals surface area contributed by atoms with Crippen LogP contribution in [0, 0.1) is 0 Å². The molecule has 2 fully saturated rings. The van der Waals surface area contributed by atoms with Gasteiger partial charge in [-0.25, -0.2) is 0 Å². The molecule has 0 bridgehead atoms. The van der Waals surface area contributed by atoms with Crippen LogP contribution in [0.5, 0.6) is 0 Å². The molecular weight excluding hydrogens is 320 g/mol. The molecule has 2 N–H and O–H groups in total. The summed E-state index contributed by atoms with van der Waals surface area (Å²) in [6.07, 6.45) is 2.58. The molecule has 1 unspecified atom stereocenters. The SMILES string of the molecule is NC(=O)C1N(c2ccc(-n3ccccc3=O)cc2)C(=O)[C@@H]2CCCN12. The fourth-order valence-electron chi connectivity index (χ4n) is 3.75. The Hall–Kier alpha value is -2.93. The lowest BCUT2D eigenvalue weighted by molar-refractivity contribution is -0.122. The summed E-state index contributed by atoms with van der Waals surface area (Å²) in [5.41, 5.74) is 6.73. The zero-order valence-corrected chi connectivity index (χ0v) is 13.5. The topological polar surface area (TPSA) is 88.6 Å². The van der Waals surface area contributed by atoms with Crippen molar-refractivity contribution in [3.63, 3.8) is 0 Å². The molecule has 3 heterocycles. The third kappa shape index (κ3) is 2.44. The van der Waals surface area contributed by atoms with Gasteiger partial charge in [0.15, 0.2) is 6.17 Å². The Morgan fingerprint density at radius 2 is 1.76 bits per heavy atom. The fourth-order valence-corrected chi connectivity index (χ4v) is 3.75. The molecule has 1 aromatic carbocycles. The van der Waals surface area contributed by atoms with Gasteiger partial charge in [0.1, 0.15) is 0 Å². The predicted molar refractivity (Wildman–Crippen MR) is 92.2 cm³/mol. The standard InChI is InChI=1S/C18H18N4O3/c19-16(24)17-21-11-3-4-14(21)18(25)22(17)13-8-6-12(7-9-13)20-10-2-1-5-15(20)23/h1-2,5-10,14,17H,3-4,11H2,(H2,19,24)/t14-,17?/m0/s1. The molecule has 2 saturated heterocycles. The van der Waals surface area contributed by atoms with Crippen molar-refractivity contribution < 1.29 is 9.59 Å². The highest BCUT2D eigenvalue weighted by atomic mass is 16.2. The Balaban J connectivity index is 1.70. The van der Waals surface area contributed by atoms with E-state index in [2.05, 4.69) is 0 Å². The number of hydrogen-bond acceptors (Lipinski definition) is 4. The van der Waals surface area contributed by atoms with Crippen molar-refractivity contribution >= 4 is 17.5 Å². The largest absolute Gasteiger partial charge is 0.367 e. The van der Waals surface area contributed by atoms with Gasteiger partial charge in [0.25, 0.3) is 11.5 Å². The van der Waals surface area contributed by atoms with Gasteiger partial charge in [-0.15, -0.1) is 0 Å². The smallest absolute Gasteiger partial charge is 0.255 e. The molecule has 1 aromatic heterocycles. The van der Waals surface area contributed by atoms with E-state index in [9.17, 15) is 14.4 Å². The summed E-state index contributed by atoms with van der Waals surface area (Å²) in [5.74, 6) is -0.618. The first-order valence-corrected chi connectivity index (χ1v) is 8.24. The summed E-state index contributed by atoms with van der Waals surface area (Å²) in [6, 6.07) is 11.7. The van der Waals surface area contributed by atoms with E-state index in [0.29, 0.717) is 17.9 Å². The van der Waals surface area contributed by atoms with Gasteiger partial charge in [0, 0.05) is 30.2 Å². The number of nitrogens with two attached hydrogens (primary N) is 1. The van der Waals surface area contributed by atoms with Crippen LogP contribution in [0.1, 0.15) is 12.8 Å². The zero-order valence-electron chi connectivity index (χ0n) is 13.5. The minimum absolute atomic E-state index is 0.0917. The number of anilines is 1. The number of rotatable bonds is 3. The zero-order chi connectivity index (χ0) is 17.6. The normalized spacial score (nSPS) is 23.0. The summed E-state index contributed by atoms with van der Waals surface area (Å²) in [6.45, 7) is 0.692. The Morgan fingerprint density at radius 1 is 1.04 bits per heavy atom. The Kier molecular flexibility index (Phi) is 3.65. The number of nitrogens with zero attached hydrogens (tertiary/aromatic N) is 3. The molecule has 0 saturated carbocycles. The van der Waals surface area contributed by atoms with Crippen LogP contribution in [0.4, 0.5) is 5.69 Å². The van der Waals surface area contributed by atoms with E-state index in [4.69, 9.17) is 5.73 Å². The van der Waals surface area contributed by atoms with Crippen LogP contribution in [0.3, 0.4) is 0 Å². The van der Waals surface area contributed by atoms with Crippen LogP contribution in [0.15, 0.2) is 53.5 Å². The average Bonchev–Trinajstić information content (AvgIpc) is 3.18. The number of aromatic nitrogens is 1. The molecule has 2 aromatic rings. The summed E-state index contributed by atoms with van der Waals surface area (Å²) in [5, 5.41) is 0. The van der Waals surface area contributed by atoms with Crippen molar-refractivity contribution in [3.05, 3.63) is 59.0 Å². The fraction of sp³-hybridized carbons (Fsp3) is 0.278. The lowest BCUT2D eigenvalue weighted by Crippen LogP contribution is -2.49. The maximum Gasteiger partial charge on any atom is 0.255 e. The molecule has 128 valence electrons. The quantitative estimate of drug-likeness (QED) is 0.880. The van der Waals surface area contributed by atoms with E-state index in [0.717, 1.165) is 12.8 Å². The lowest BCUT2D eigenvalue weighted by Gasteiger charge is -2.26. The van der Waals surface area contributed by atoms with Gasteiger partial charge < -0.3 is 5.73 Å². The van der Waals surface area contributed by atoms with Crippen LogP contribution in [-0.4, -0.2) is 40.0 Å². The highest BCUT2D eigenvalue weighted by molar-refractivity contribution is 6.06. The monoisotopic (exact) mass is 338 g/mol. The summed E-state index contributed by atoms with van der Waals surface area (Å²) >= 11 is 0. The molecule has 7 heteroatoms. The van der Waals surface area contributed by atoms with Gasteiger partial charge in [0.2, 0.25) is 5.91 Å². The van der Waals surface area contributed by atoms with E-state index >= 15 is 0 Å². The van der Waals surface area contributed by atoms with Crippen LogP contribution in [-0.2, 0) is 9.59 Å². The van der Waals surface area contributed by atoms with Crippen LogP contribution < -0.4 is 16.2 Å². The number of primary amides is 1. The van der Waals surface area contributed by atoms with Crippen molar-refractivity contribution in [2.75, 3.05) is 11.4 Å². The van der Waals surface area contributed by atoms with E-state index in [1.165, 1.54) is 15.5 Å². The number of pyridine rings is 1. The summed E-state index contributed by atoms with van der Waals surface area (Å²) < 4.78 is 1.51. The summed E-state index contributed by atoms with van der Waals surface area (Å²) in [7, 11) is 0. The minimum atomic E-state index is -0.745. The maximum atomic E-state index is 12.7. The van der Waals surface area contributed by atoms with Crippen LogP contribution in [0.2, 0.25) is 0 Å². The molecule has 4 rings (SSSR count). The lowest BCUT2D eigenvalue weighted by atomic mass is 10.2. The first-order chi connectivity index (χ1) is 12.1. The van der Waals surface area contributed by atoms with E-state index in [1.807, 2.05) is 4.90 Å². The molecule has 25 heavy (non-hydrogen) atoms. The van der Waals surface area contributed by atoms with Crippen molar-refractivity contribution in [2.24, 2.45) is 5.73 Å². The van der Waals surface area contributed by atoms with Crippen molar-refractivity contribution in [1.82, 2.24) is 9.47 Å². The molecule has 0 radical (unpaired) electrons. The highest BCUT2D eigenvalue weighted by Gasteiger charge is 2.51. The molecule has 2 aliphatic heterocycles. The van der Waals surface area contributed by atoms with Crippen LogP contribution in [0.25, 0.3) is 5.69 Å². The summed E-state index contributed by atoms with van der Waals surface area (Å²) in [4.78, 5) is 39.9. The number of benzene rings is 1. The Morgan fingerprint density at radius 3 is 2.44 bits per heavy atom.